The molecule has 0 saturated carbocycles. The van der Waals surface area contributed by atoms with E-state index in [0.29, 0.717) is 44.4 Å². The second kappa shape index (κ2) is 7.53. The van der Waals surface area contributed by atoms with Crippen LogP contribution in [0.1, 0.15) is 11.4 Å². The molecule has 5 heterocycles. The average molecular weight is 447 g/mol. The van der Waals surface area contributed by atoms with Crippen LogP contribution < -0.4 is 20.3 Å². The molecule has 10 heteroatoms. The summed E-state index contributed by atoms with van der Waals surface area (Å²) >= 11 is 0. The summed E-state index contributed by atoms with van der Waals surface area (Å²) in [6.07, 6.45) is 4.10. The number of ether oxygens (including phenoxy) is 2. The van der Waals surface area contributed by atoms with E-state index in [9.17, 15) is 4.79 Å². The minimum atomic E-state index is -0.404. The zero-order valence-electron chi connectivity index (χ0n) is 18.3. The summed E-state index contributed by atoms with van der Waals surface area (Å²) in [6.45, 7) is 3.05. The summed E-state index contributed by atoms with van der Waals surface area (Å²) < 4.78 is 13.7. The predicted octanol–water partition coefficient (Wildman–Crippen LogP) is 1.49. The zero-order valence-corrected chi connectivity index (χ0v) is 18.3. The summed E-state index contributed by atoms with van der Waals surface area (Å²) in [4.78, 5) is 19.4. The molecule has 6 rings (SSSR count). The number of carbonyl (C=O) groups is 1. The minimum Gasteiger partial charge on any atom is -0.479 e. The molecule has 2 aromatic heterocycles. The minimum absolute atomic E-state index is 0.184. The molecule has 1 aromatic carbocycles. The number of nitrogens with zero attached hydrogens (tertiary/aromatic N) is 5. The lowest BCUT2D eigenvalue weighted by atomic mass is 9.75. The van der Waals surface area contributed by atoms with Gasteiger partial charge in [0.25, 0.3) is 0 Å². The summed E-state index contributed by atoms with van der Waals surface area (Å²) in [5.74, 6) is 2.07. The highest BCUT2D eigenvalue weighted by molar-refractivity contribution is 6.02. The molecule has 3 aliphatic rings. The fourth-order valence-corrected chi connectivity index (χ4v) is 4.66. The molecule has 2 fully saturated rings. The van der Waals surface area contributed by atoms with E-state index in [4.69, 9.17) is 9.47 Å². The largest absolute Gasteiger partial charge is 0.479 e. The van der Waals surface area contributed by atoms with Crippen LogP contribution in [0.15, 0.2) is 48.9 Å². The highest BCUT2D eigenvalue weighted by atomic mass is 16.5. The normalized spacial score (nSPS) is 19.7. The Bertz CT molecular complexity index is 1200. The lowest BCUT2D eigenvalue weighted by Crippen LogP contribution is -2.70. The van der Waals surface area contributed by atoms with Crippen LogP contribution in [0, 0.1) is 0 Å². The SMILES string of the molecule is Cn1cnnc1CC1(c2cccc(NC(=O)N3CC4(CNC4)Oc4cccnc43)c2)COC1. The number of carbonyl (C=O) groups excluding carboxylic acids is 1. The van der Waals surface area contributed by atoms with Crippen molar-refractivity contribution in [2.75, 3.05) is 43.1 Å². The lowest BCUT2D eigenvalue weighted by molar-refractivity contribution is -0.0610. The third kappa shape index (κ3) is 3.42. The predicted molar refractivity (Wildman–Crippen MR) is 120 cm³/mol. The molecule has 33 heavy (non-hydrogen) atoms. The van der Waals surface area contributed by atoms with Crippen LogP contribution in [0.5, 0.6) is 5.75 Å². The number of aryl methyl sites for hydroxylation is 1. The number of anilines is 2. The van der Waals surface area contributed by atoms with E-state index in [1.165, 1.54) is 0 Å². The van der Waals surface area contributed by atoms with E-state index in [2.05, 4.69) is 31.9 Å². The van der Waals surface area contributed by atoms with E-state index < -0.39 is 5.60 Å². The van der Waals surface area contributed by atoms with E-state index in [1.54, 1.807) is 17.4 Å². The van der Waals surface area contributed by atoms with Crippen LogP contribution in [-0.2, 0) is 23.6 Å². The first-order valence-electron chi connectivity index (χ1n) is 11.0. The molecule has 2 amide bonds. The first-order chi connectivity index (χ1) is 16.1. The van der Waals surface area contributed by atoms with Crippen LogP contribution in [0.2, 0.25) is 0 Å². The summed E-state index contributed by atoms with van der Waals surface area (Å²) in [7, 11) is 1.94. The van der Waals surface area contributed by atoms with Crippen LogP contribution in [-0.4, -0.2) is 64.2 Å². The Kier molecular flexibility index (Phi) is 4.59. The molecule has 0 radical (unpaired) electrons. The van der Waals surface area contributed by atoms with Gasteiger partial charge in [0, 0.05) is 43.9 Å². The highest BCUT2D eigenvalue weighted by Crippen LogP contribution is 2.38. The number of rotatable bonds is 4. The Balaban J connectivity index is 1.25. The number of fused-ring (bicyclic) bond motifs is 1. The number of benzene rings is 1. The molecule has 0 aliphatic carbocycles. The van der Waals surface area contributed by atoms with Gasteiger partial charge in [-0.15, -0.1) is 10.2 Å². The Morgan fingerprint density at radius 2 is 2.12 bits per heavy atom. The van der Waals surface area contributed by atoms with Gasteiger partial charge in [0.2, 0.25) is 0 Å². The molecule has 0 bridgehead atoms. The maximum atomic E-state index is 13.4. The van der Waals surface area contributed by atoms with Gasteiger partial charge in [-0.25, -0.2) is 9.78 Å². The maximum Gasteiger partial charge on any atom is 0.327 e. The fourth-order valence-electron chi connectivity index (χ4n) is 4.66. The van der Waals surface area contributed by atoms with Gasteiger partial charge in [-0.05, 0) is 29.8 Å². The van der Waals surface area contributed by atoms with Crippen molar-refractivity contribution in [2.24, 2.45) is 7.05 Å². The Hall–Kier alpha value is -3.50. The summed E-state index contributed by atoms with van der Waals surface area (Å²) in [5, 5.41) is 14.6. The smallest absolute Gasteiger partial charge is 0.327 e. The van der Waals surface area contributed by atoms with E-state index in [1.807, 2.05) is 41.9 Å². The van der Waals surface area contributed by atoms with Gasteiger partial charge in [0.1, 0.15) is 12.2 Å². The molecule has 2 N–H and O–H groups in total. The van der Waals surface area contributed by atoms with E-state index >= 15 is 0 Å². The number of urea groups is 1. The first-order valence-corrected chi connectivity index (χ1v) is 11.0. The first kappa shape index (κ1) is 20.1. The quantitative estimate of drug-likeness (QED) is 0.624. The van der Waals surface area contributed by atoms with Crippen molar-refractivity contribution >= 4 is 17.5 Å². The number of hydrogen-bond acceptors (Lipinski definition) is 7. The van der Waals surface area contributed by atoms with Crippen LogP contribution in [0.4, 0.5) is 16.3 Å². The molecular formula is C23H25N7O3. The van der Waals surface area contributed by atoms with E-state index in [0.717, 1.165) is 23.5 Å². The van der Waals surface area contributed by atoms with Gasteiger partial charge in [-0.2, -0.15) is 0 Å². The summed E-state index contributed by atoms with van der Waals surface area (Å²) in [6, 6.07) is 11.4. The van der Waals surface area contributed by atoms with Crippen molar-refractivity contribution in [3.8, 4) is 5.75 Å². The third-order valence-electron chi connectivity index (χ3n) is 6.70. The lowest BCUT2D eigenvalue weighted by Gasteiger charge is -2.48. The summed E-state index contributed by atoms with van der Waals surface area (Å²) in [5.41, 5.74) is 1.25. The van der Waals surface area contributed by atoms with Gasteiger partial charge >= 0.3 is 6.03 Å². The maximum absolute atomic E-state index is 13.4. The monoisotopic (exact) mass is 447 g/mol. The standard InChI is InChI=1S/C23H25N7O3/c1-29-15-26-28-19(29)9-22(13-32-14-22)16-4-2-5-17(8-16)27-21(31)30-12-23(10-24-11-23)33-18-6-3-7-25-20(18)30/h2-8,15,24H,9-14H2,1H3,(H,27,31). The number of hydrogen-bond donors (Lipinski definition) is 2. The van der Waals surface area contributed by atoms with Gasteiger partial charge in [-0.1, -0.05) is 12.1 Å². The number of amides is 2. The molecule has 2 saturated heterocycles. The fraction of sp³-hybridized carbons (Fsp3) is 0.391. The molecule has 3 aliphatic heterocycles. The molecule has 3 aromatic rings. The third-order valence-corrected chi connectivity index (χ3v) is 6.70. The van der Waals surface area contributed by atoms with Gasteiger partial charge in [0.05, 0.1) is 19.8 Å². The van der Waals surface area contributed by atoms with Crippen molar-refractivity contribution in [2.45, 2.75) is 17.4 Å². The second-order valence-corrected chi connectivity index (χ2v) is 9.12. The van der Waals surface area contributed by atoms with Crippen molar-refractivity contribution in [3.05, 3.63) is 60.3 Å². The average Bonchev–Trinajstić information content (AvgIpc) is 3.18. The Labute approximate surface area is 190 Å². The molecule has 0 atom stereocenters. The van der Waals surface area contributed by atoms with Gasteiger partial charge in [-0.3, -0.25) is 4.90 Å². The molecule has 1 spiro atoms. The topological polar surface area (TPSA) is 106 Å². The molecule has 0 unspecified atom stereocenters. The van der Waals surface area contributed by atoms with Crippen molar-refractivity contribution in [3.63, 3.8) is 0 Å². The van der Waals surface area contributed by atoms with E-state index in [-0.39, 0.29) is 11.4 Å². The van der Waals surface area contributed by atoms with Gasteiger partial charge in [0.15, 0.2) is 17.2 Å². The molecule has 10 nitrogen and oxygen atoms in total. The zero-order chi connectivity index (χ0) is 22.5. The van der Waals surface area contributed by atoms with Crippen LogP contribution >= 0.6 is 0 Å². The number of nitrogens with one attached hydrogen (secondary N) is 2. The van der Waals surface area contributed by atoms with Crippen molar-refractivity contribution < 1.29 is 14.3 Å². The number of pyridine rings is 1. The van der Waals surface area contributed by atoms with Crippen molar-refractivity contribution in [1.82, 2.24) is 25.1 Å². The second-order valence-electron chi connectivity index (χ2n) is 9.12. The molecule has 170 valence electrons. The Morgan fingerprint density at radius 3 is 2.82 bits per heavy atom. The van der Waals surface area contributed by atoms with Crippen LogP contribution in [0.3, 0.4) is 0 Å². The molecular weight excluding hydrogens is 422 g/mol. The van der Waals surface area contributed by atoms with Crippen LogP contribution in [0.25, 0.3) is 0 Å². The van der Waals surface area contributed by atoms with Crippen molar-refractivity contribution in [1.29, 1.82) is 0 Å². The Morgan fingerprint density at radius 1 is 1.24 bits per heavy atom. The highest BCUT2D eigenvalue weighted by Gasteiger charge is 2.47. The number of aromatic nitrogens is 4. The van der Waals surface area contributed by atoms with Gasteiger partial charge < -0.3 is 24.7 Å².